The Morgan fingerprint density at radius 2 is 2.38 bits per heavy atom. The standard InChI is InChI=1S/C6H5FI/c7-5-2-1-3-6(8)4-5/h1-2,4H,3H2. The van der Waals surface area contributed by atoms with Crippen LogP contribution in [0, 0.1) is 3.92 Å². The van der Waals surface area contributed by atoms with Gasteiger partial charge in [0.05, 0.1) is 3.92 Å². The van der Waals surface area contributed by atoms with E-state index in [1.54, 1.807) is 6.08 Å². The Kier molecular flexibility index (Phi) is 2.05. The summed E-state index contributed by atoms with van der Waals surface area (Å²) in [5, 5.41) is 0. The maximum Gasteiger partial charge on any atom is 0.120 e. The van der Waals surface area contributed by atoms with Gasteiger partial charge < -0.3 is 0 Å². The summed E-state index contributed by atoms with van der Waals surface area (Å²) in [6.07, 6.45) is 5.73. The smallest absolute Gasteiger partial charge is 0.120 e. The molecule has 0 saturated carbocycles. The highest BCUT2D eigenvalue weighted by Crippen LogP contribution is 2.24. The van der Waals surface area contributed by atoms with E-state index in [0.717, 1.165) is 10.3 Å². The summed E-state index contributed by atoms with van der Waals surface area (Å²) in [7, 11) is 0. The molecule has 0 fully saturated rings. The zero-order chi connectivity index (χ0) is 5.98. The van der Waals surface area contributed by atoms with Crippen molar-refractivity contribution >= 4 is 22.6 Å². The van der Waals surface area contributed by atoms with Crippen LogP contribution in [0.3, 0.4) is 0 Å². The summed E-state index contributed by atoms with van der Waals surface area (Å²) in [5.74, 6) is -0.138. The molecular formula is C6H5FI. The van der Waals surface area contributed by atoms with Gasteiger partial charge in [0.1, 0.15) is 5.83 Å². The van der Waals surface area contributed by atoms with Gasteiger partial charge in [0, 0.05) is 0 Å². The first kappa shape index (κ1) is 6.26. The zero-order valence-corrected chi connectivity index (χ0v) is 6.35. The minimum absolute atomic E-state index is 0.138. The second-order valence-electron chi connectivity index (χ2n) is 1.58. The maximum absolute atomic E-state index is 12.2. The van der Waals surface area contributed by atoms with Crippen LogP contribution < -0.4 is 0 Å². The van der Waals surface area contributed by atoms with E-state index in [1.807, 2.05) is 6.08 Å². The normalized spacial score (nSPS) is 21.0. The Morgan fingerprint density at radius 1 is 1.62 bits per heavy atom. The molecule has 0 atom stereocenters. The van der Waals surface area contributed by atoms with Crippen LogP contribution in [0.25, 0.3) is 0 Å². The number of hydrogen-bond donors (Lipinski definition) is 0. The van der Waals surface area contributed by atoms with Crippen molar-refractivity contribution in [2.24, 2.45) is 0 Å². The molecule has 2 heteroatoms. The molecule has 0 saturated heterocycles. The molecule has 0 aliphatic heterocycles. The molecule has 0 unspecified atom stereocenters. The third kappa shape index (κ3) is 1.58. The molecule has 0 N–H and O–H groups in total. The molecule has 1 aliphatic rings. The lowest BCUT2D eigenvalue weighted by molar-refractivity contribution is 0.661. The fourth-order valence-electron chi connectivity index (χ4n) is 0.541. The summed E-state index contributed by atoms with van der Waals surface area (Å²) in [4.78, 5) is 0. The van der Waals surface area contributed by atoms with Gasteiger partial charge in [-0.05, 0) is 18.6 Å². The van der Waals surface area contributed by atoms with Crippen molar-refractivity contribution in [3.8, 4) is 0 Å². The lowest BCUT2D eigenvalue weighted by Crippen LogP contribution is -1.84. The minimum atomic E-state index is -0.138. The first-order chi connectivity index (χ1) is 3.79. The van der Waals surface area contributed by atoms with Crippen molar-refractivity contribution in [1.29, 1.82) is 0 Å². The van der Waals surface area contributed by atoms with Crippen molar-refractivity contribution in [3.63, 3.8) is 0 Å². The second kappa shape index (κ2) is 2.62. The largest absolute Gasteiger partial charge is 0.207 e. The van der Waals surface area contributed by atoms with Crippen LogP contribution in [0.2, 0.25) is 0 Å². The average Bonchev–Trinajstić information content (AvgIpc) is 1.64. The highest BCUT2D eigenvalue weighted by molar-refractivity contribution is 14.1. The molecule has 0 bridgehead atoms. The maximum atomic E-state index is 12.2. The van der Waals surface area contributed by atoms with Gasteiger partial charge in [-0.3, -0.25) is 0 Å². The quantitative estimate of drug-likeness (QED) is 0.554. The molecule has 0 aromatic heterocycles. The van der Waals surface area contributed by atoms with Crippen LogP contribution in [0.5, 0.6) is 0 Å². The molecule has 0 heterocycles. The van der Waals surface area contributed by atoms with E-state index < -0.39 is 0 Å². The molecule has 1 aliphatic carbocycles. The first-order valence-electron chi connectivity index (χ1n) is 2.34. The summed E-state index contributed by atoms with van der Waals surface area (Å²) < 4.78 is 13.2. The van der Waals surface area contributed by atoms with Crippen LogP contribution >= 0.6 is 22.6 Å². The van der Waals surface area contributed by atoms with Crippen molar-refractivity contribution in [2.75, 3.05) is 0 Å². The predicted molar refractivity (Wildman–Crippen MR) is 40.2 cm³/mol. The Morgan fingerprint density at radius 3 is 2.75 bits per heavy atom. The molecule has 1 radical (unpaired) electrons. The molecule has 8 heavy (non-hydrogen) atoms. The van der Waals surface area contributed by atoms with E-state index in [0.29, 0.717) is 0 Å². The van der Waals surface area contributed by atoms with Crippen molar-refractivity contribution in [1.82, 2.24) is 0 Å². The molecule has 0 aromatic rings. The molecular weight excluding hydrogens is 218 g/mol. The van der Waals surface area contributed by atoms with Crippen LogP contribution in [0.1, 0.15) is 6.42 Å². The summed E-state index contributed by atoms with van der Waals surface area (Å²) in [6.45, 7) is 0. The van der Waals surface area contributed by atoms with Crippen LogP contribution in [0.15, 0.2) is 24.1 Å². The second-order valence-corrected chi connectivity index (χ2v) is 2.97. The number of allylic oxidation sites excluding steroid dienone is 4. The first-order valence-corrected chi connectivity index (χ1v) is 3.42. The molecule has 0 spiro atoms. The Balaban J connectivity index is 2.63. The van der Waals surface area contributed by atoms with E-state index in [4.69, 9.17) is 0 Å². The van der Waals surface area contributed by atoms with Gasteiger partial charge in [0.25, 0.3) is 0 Å². The Bertz CT molecular complexity index is 137. The van der Waals surface area contributed by atoms with E-state index in [9.17, 15) is 4.39 Å². The van der Waals surface area contributed by atoms with Crippen molar-refractivity contribution < 1.29 is 4.39 Å². The minimum Gasteiger partial charge on any atom is -0.207 e. The Hall–Kier alpha value is 0.140. The number of hydrogen-bond acceptors (Lipinski definition) is 0. The van der Waals surface area contributed by atoms with Crippen LogP contribution in [0.4, 0.5) is 4.39 Å². The number of halogens is 2. The fourth-order valence-corrected chi connectivity index (χ4v) is 1.09. The molecule has 0 aromatic carbocycles. The van der Waals surface area contributed by atoms with E-state index in [2.05, 4.69) is 22.6 Å². The number of rotatable bonds is 0. The summed E-state index contributed by atoms with van der Waals surface area (Å²) in [6, 6.07) is 0. The van der Waals surface area contributed by atoms with Gasteiger partial charge in [-0.15, -0.1) is 0 Å². The molecule has 0 nitrogen and oxygen atoms in total. The van der Waals surface area contributed by atoms with Gasteiger partial charge in [-0.1, -0.05) is 28.7 Å². The predicted octanol–water partition coefficient (Wildman–Crippen LogP) is 2.77. The van der Waals surface area contributed by atoms with Gasteiger partial charge in [-0.2, -0.15) is 0 Å². The SMILES string of the molecule is FC1=C[C](I)CC=C1. The highest BCUT2D eigenvalue weighted by atomic mass is 127. The monoisotopic (exact) mass is 223 g/mol. The topological polar surface area (TPSA) is 0 Å². The van der Waals surface area contributed by atoms with Gasteiger partial charge in [0.15, 0.2) is 0 Å². The third-order valence-electron chi connectivity index (χ3n) is 0.884. The third-order valence-corrected chi connectivity index (χ3v) is 1.64. The van der Waals surface area contributed by atoms with Gasteiger partial charge in [-0.25, -0.2) is 4.39 Å². The van der Waals surface area contributed by atoms with Gasteiger partial charge in [0.2, 0.25) is 0 Å². The fraction of sp³-hybridized carbons (Fsp3) is 0.167. The van der Waals surface area contributed by atoms with Gasteiger partial charge >= 0.3 is 0 Å². The zero-order valence-electron chi connectivity index (χ0n) is 4.20. The van der Waals surface area contributed by atoms with E-state index in [-0.39, 0.29) is 5.83 Å². The molecule has 43 valence electrons. The van der Waals surface area contributed by atoms with Crippen molar-refractivity contribution in [3.05, 3.63) is 28.0 Å². The van der Waals surface area contributed by atoms with Crippen LogP contribution in [-0.2, 0) is 0 Å². The van der Waals surface area contributed by atoms with Crippen LogP contribution in [-0.4, -0.2) is 0 Å². The van der Waals surface area contributed by atoms with E-state index >= 15 is 0 Å². The summed E-state index contributed by atoms with van der Waals surface area (Å²) in [5.41, 5.74) is 0. The van der Waals surface area contributed by atoms with E-state index in [1.165, 1.54) is 6.08 Å². The summed E-state index contributed by atoms with van der Waals surface area (Å²) >= 11 is 2.12. The average molecular weight is 223 g/mol. The molecule has 0 amide bonds. The lowest BCUT2D eigenvalue weighted by Gasteiger charge is -2.02. The Labute approximate surface area is 61.6 Å². The van der Waals surface area contributed by atoms with Crippen molar-refractivity contribution in [2.45, 2.75) is 6.42 Å². The highest BCUT2D eigenvalue weighted by Gasteiger charge is 2.03. The lowest BCUT2D eigenvalue weighted by atomic mass is 10.2. The molecule has 1 rings (SSSR count).